The number of carbonyl (C=O) groups is 1. The number of anilines is 2. The molecule has 1 heterocycles. The number of hydrogen-bond acceptors (Lipinski definition) is 3. The third-order valence-corrected chi connectivity index (χ3v) is 5.55. The lowest BCUT2D eigenvalue weighted by Crippen LogP contribution is -2.32. The minimum Gasteiger partial charge on any atom is -0.379 e. The number of carbonyl (C=O) groups excluding carboxylic acids is 1. The number of hydrogen-bond donors (Lipinski definition) is 3. The Labute approximate surface area is 162 Å². The maximum absolute atomic E-state index is 12.4. The van der Waals surface area contributed by atoms with Gasteiger partial charge in [-0.25, -0.2) is 0 Å². The molecule has 0 bridgehead atoms. The van der Waals surface area contributed by atoms with Gasteiger partial charge in [0.15, 0.2) is 0 Å². The first-order valence-corrected chi connectivity index (χ1v) is 10.0. The molecule has 1 aliphatic rings. The summed E-state index contributed by atoms with van der Waals surface area (Å²) < 4.78 is 0. The van der Waals surface area contributed by atoms with Crippen LogP contribution < -0.4 is 16.0 Å². The zero-order valence-corrected chi connectivity index (χ0v) is 16.4. The molecule has 0 radical (unpaired) electrons. The molecule has 2 aromatic rings. The molecule has 1 saturated heterocycles. The number of rotatable bonds is 7. The van der Waals surface area contributed by atoms with E-state index < -0.39 is 0 Å². The molecule has 1 aliphatic heterocycles. The van der Waals surface area contributed by atoms with E-state index in [-0.39, 0.29) is 11.9 Å². The smallest absolute Gasteiger partial charge is 0.224 e. The average molecular weight is 366 g/mol. The summed E-state index contributed by atoms with van der Waals surface area (Å²) in [6.07, 6.45) is 2.94. The Morgan fingerprint density at radius 2 is 1.63 bits per heavy atom. The van der Waals surface area contributed by atoms with Gasteiger partial charge in [0.25, 0.3) is 0 Å². The molecule has 1 amide bonds. The molecule has 2 aromatic carbocycles. The molecule has 2 atom stereocenters. The van der Waals surface area contributed by atoms with Crippen LogP contribution in [0.3, 0.4) is 0 Å². The molecule has 27 heavy (non-hydrogen) atoms. The van der Waals surface area contributed by atoms with Gasteiger partial charge >= 0.3 is 0 Å². The largest absolute Gasteiger partial charge is 0.379 e. The van der Waals surface area contributed by atoms with Gasteiger partial charge in [-0.2, -0.15) is 0 Å². The molecule has 3 rings (SSSR count). The Balaban J connectivity index is 1.49. The predicted molar refractivity (Wildman–Crippen MR) is 113 cm³/mol. The summed E-state index contributed by atoms with van der Waals surface area (Å²) in [4.78, 5) is 12.4. The highest BCUT2D eigenvalue weighted by Gasteiger charge is 2.22. The Morgan fingerprint density at radius 3 is 2.30 bits per heavy atom. The van der Waals surface area contributed by atoms with Crippen LogP contribution in [0, 0.1) is 11.8 Å². The van der Waals surface area contributed by atoms with Gasteiger partial charge in [-0.15, -0.1) is 0 Å². The van der Waals surface area contributed by atoms with E-state index in [4.69, 9.17) is 0 Å². The lowest BCUT2D eigenvalue weighted by Gasteiger charge is -2.27. The van der Waals surface area contributed by atoms with Crippen LogP contribution in [0.15, 0.2) is 54.6 Å². The van der Waals surface area contributed by atoms with Gasteiger partial charge in [-0.3, -0.25) is 4.79 Å². The van der Waals surface area contributed by atoms with E-state index in [2.05, 4.69) is 54.1 Å². The van der Waals surface area contributed by atoms with Crippen molar-refractivity contribution >= 4 is 17.3 Å². The number of amides is 1. The Morgan fingerprint density at radius 1 is 1.00 bits per heavy atom. The van der Waals surface area contributed by atoms with E-state index >= 15 is 0 Å². The first kappa shape index (κ1) is 19.4. The van der Waals surface area contributed by atoms with Crippen molar-refractivity contribution in [1.82, 2.24) is 5.32 Å². The molecular weight excluding hydrogens is 334 g/mol. The molecule has 0 saturated carbocycles. The van der Waals surface area contributed by atoms with Crippen LogP contribution in [-0.2, 0) is 4.79 Å². The second kappa shape index (κ2) is 9.56. The molecule has 4 heteroatoms. The Kier molecular flexibility index (Phi) is 6.88. The van der Waals surface area contributed by atoms with Crippen LogP contribution in [0.1, 0.15) is 44.7 Å². The zero-order chi connectivity index (χ0) is 19.1. The van der Waals surface area contributed by atoms with Crippen molar-refractivity contribution in [1.29, 1.82) is 0 Å². The van der Waals surface area contributed by atoms with E-state index in [1.807, 2.05) is 30.3 Å². The topological polar surface area (TPSA) is 53.2 Å². The summed E-state index contributed by atoms with van der Waals surface area (Å²) in [6.45, 7) is 6.50. The van der Waals surface area contributed by atoms with Gasteiger partial charge in [0.05, 0.1) is 0 Å². The summed E-state index contributed by atoms with van der Waals surface area (Å²) in [5, 5.41) is 9.92. The van der Waals surface area contributed by atoms with Crippen LogP contribution in [-0.4, -0.2) is 19.0 Å². The van der Waals surface area contributed by atoms with Crippen molar-refractivity contribution in [3.05, 3.63) is 60.2 Å². The zero-order valence-electron chi connectivity index (χ0n) is 16.4. The van der Waals surface area contributed by atoms with Gasteiger partial charge < -0.3 is 16.0 Å². The third-order valence-electron chi connectivity index (χ3n) is 5.55. The van der Waals surface area contributed by atoms with E-state index in [9.17, 15) is 4.79 Å². The second-order valence-corrected chi connectivity index (χ2v) is 7.67. The Bertz CT molecular complexity index is 708. The molecule has 2 unspecified atom stereocenters. The molecule has 1 fully saturated rings. The molecular formula is C23H31N3O. The van der Waals surface area contributed by atoms with Gasteiger partial charge in [-0.05, 0) is 74.5 Å². The third kappa shape index (κ3) is 5.83. The molecule has 0 aliphatic carbocycles. The van der Waals surface area contributed by atoms with Crippen LogP contribution in [0.2, 0.25) is 0 Å². The maximum atomic E-state index is 12.4. The molecule has 4 nitrogen and oxygen atoms in total. The van der Waals surface area contributed by atoms with Crippen LogP contribution >= 0.6 is 0 Å². The van der Waals surface area contributed by atoms with Gasteiger partial charge in [-0.1, -0.05) is 37.3 Å². The summed E-state index contributed by atoms with van der Waals surface area (Å²) in [6, 6.07) is 18.6. The quantitative estimate of drug-likeness (QED) is 0.659. The SMILES string of the molecule is CC(Nc1ccc(NC(=O)CC(C)C2CCNCC2)cc1)c1ccccc1. The van der Waals surface area contributed by atoms with Crippen molar-refractivity contribution in [2.45, 2.75) is 39.2 Å². The lowest BCUT2D eigenvalue weighted by molar-refractivity contribution is -0.117. The monoisotopic (exact) mass is 365 g/mol. The highest BCUT2D eigenvalue weighted by molar-refractivity contribution is 5.91. The van der Waals surface area contributed by atoms with Crippen molar-refractivity contribution in [3.63, 3.8) is 0 Å². The number of benzene rings is 2. The van der Waals surface area contributed by atoms with Crippen molar-refractivity contribution in [2.24, 2.45) is 11.8 Å². The van der Waals surface area contributed by atoms with Crippen LogP contribution in [0.25, 0.3) is 0 Å². The van der Waals surface area contributed by atoms with E-state index in [0.29, 0.717) is 18.3 Å². The summed E-state index contributed by atoms with van der Waals surface area (Å²) in [5.41, 5.74) is 3.16. The molecule has 144 valence electrons. The van der Waals surface area contributed by atoms with Gasteiger partial charge in [0.2, 0.25) is 5.91 Å². The molecule has 0 aromatic heterocycles. The van der Waals surface area contributed by atoms with Crippen LogP contribution in [0.5, 0.6) is 0 Å². The fourth-order valence-corrected chi connectivity index (χ4v) is 3.81. The highest BCUT2D eigenvalue weighted by Crippen LogP contribution is 2.25. The minimum absolute atomic E-state index is 0.111. The number of piperidine rings is 1. The van der Waals surface area contributed by atoms with E-state index in [1.54, 1.807) is 0 Å². The molecule has 0 spiro atoms. The standard InChI is InChI=1S/C23H31N3O/c1-17(19-12-14-24-15-13-19)16-23(27)26-22-10-8-21(9-11-22)25-18(2)20-6-4-3-5-7-20/h3-11,17-19,24-25H,12-16H2,1-2H3,(H,26,27). The summed E-state index contributed by atoms with van der Waals surface area (Å²) >= 11 is 0. The van der Waals surface area contributed by atoms with Crippen molar-refractivity contribution in [2.75, 3.05) is 23.7 Å². The van der Waals surface area contributed by atoms with Gasteiger partial charge in [0, 0.05) is 23.8 Å². The van der Waals surface area contributed by atoms with Crippen LogP contribution in [0.4, 0.5) is 11.4 Å². The first-order chi connectivity index (χ1) is 13.1. The lowest BCUT2D eigenvalue weighted by atomic mass is 9.84. The normalized spacial score (nSPS) is 17.1. The average Bonchev–Trinajstić information content (AvgIpc) is 2.70. The fourth-order valence-electron chi connectivity index (χ4n) is 3.81. The van der Waals surface area contributed by atoms with E-state index in [0.717, 1.165) is 24.5 Å². The maximum Gasteiger partial charge on any atom is 0.224 e. The molecule has 3 N–H and O–H groups in total. The summed E-state index contributed by atoms with van der Waals surface area (Å²) in [5.74, 6) is 1.20. The highest BCUT2D eigenvalue weighted by atomic mass is 16.1. The van der Waals surface area contributed by atoms with Crippen molar-refractivity contribution < 1.29 is 4.79 Å². The van der Waals surface area contributed by atoms with Crippen molar-refractivity contribution in [3.8, 4) is 0 Å². The first-order valence-electron chi connectivity index (χ1n) is 10.0. The second-order valence-electron chi connectivity index (χ2n) is 7.67. The van der Waals surface area contributed by atoms with E-state index in [1.165, 1.54) is 18.4 Å². The Hall–Kier alpha value is -2.33. The van der Waals surface area contributed by atoms with Gasteiger partial charge in [0.1, 0.15) is 0 Å². The number of nitrogens with one attached hydrogen (secondary N) is 3. The predicted octanol–water partition coefficient (Wildman–Crippen LogP) is 4.82. The fraction of sp³-hybridized carbons (Fsp3) is 0.435. The minimum atomic E-state index is 0.111. The summed E-state index contributed by atoms with van der Waals surface area (Å²) in [7, 11) is 0.